The molecule has 0 aliphatic carbocycles. The van der Waals surface area contributed by atoms with Gasteiger partial charge in [-0.15, -0.1) is 0 Å². The Morgan fingerprint density at radius 2 is 1.72 bits per heavy atom. The van der Waals surface area contributed by atoms with Gasteiger partial charge in [-0.2, -0.15) is 0 Å². The number of rotatable bonds is 6. The number of hydrogen-bond donors (Lipinski definition) is 0. The number of carbonyl (C=O) groups excluding carboxylic acids is 2. The van der Waals surface area contributed by atoms with Crippen molar-refractivity contribution in [3.8, 4) is 5.75 Å². The normalized spacial score (nSPS) is 24.2. The number of esters is 2. The third-order valence-electron chi connectivity index (χ3n) is 4.49. The lowest BCUT2D eigenvalue weighted by molar-refractivity contribution is -0.142. The minimum atomic E-state index is -0.340. The van der Waals surface area contributed by atoms with Gasteiger partial charge >= 0.3 is 11.9 Å². The lowest BCUT2D eigenvalue weighted by Gasteiger charge is -2.23. The fourth-order valence-electron chi connectivity index (χ4n) is 3.08. The molecule has 2 saturated heterocycles. The quantitative estimate of drug-likeness (QED) is 0.583. The van der Waals surface area contributed by atoms with Gasteiger partial charge in [0.05, 0.1) is 0 Å². The van der Waals surface area contributed by atoms with Gasteiger partial charge in [0.15, 0.2) is 0 Å². The molecule has 0 saturated carbocycles. The molecular formula is C20H22O5. The van der Waals surface area contributed by atoms with Crippen LogP contribution in [0.25, 0.3) is 0 Å². The molecule has 2 aliphatic heterocycles. The summed E-state index contributed by atoms with van der Waals surface area (Å²) in [4.78, 5) is 23.0. The average Bonchev–Trinajstić information content (AvgIpc) is 3.10. The minimum Gasteiger partial charge on any atom is -0.487 e. The molecule has 132 valence electrons. The number of ether oxygens (including phenoxy) is 3. The molecule has 0 aromatic heterocycles. The van der Waals surface area contributed by atoms with Crippen LogP contribution in [0.4, 0.5) is 0 Å². The largest absolute Gasteiger partial charge is 0.487 e. The first kappa shape index (κ1) is 17.3. The average molecular weight is 342 g/mol. The van der Waals surface area contributed by atoms with Crippen molar-refractivity contribution in [1.82, 2.24) is 0 Å². The zero-order valence-electron chi connectivity index (χ0n) is 14.3. The molecule has 2 aliphatic rings. The van der Waals surface area contributed by atoms with E-state index in [2.05, 4.69) is 20.1 Å². The van der Waals surface area contributed by atoms with Crippen molar-refractivity contribution < 1.29 is 23.8 Å². The predicted octanol–water partition coefficient (Wildman–Crippen LogP) is 3.65. The van der Waals surface area contributed by atoms with Crippen LogP contribution in [-0.4, -0.2) is 24.1 Å². The van der Waals surface area contributed by atoms with E-state index in [9.17, 15) is 9.59 Å². The maximum absolute atomic E-state index is 11.6. The Labute approximate surface area is 147 Å². The van der Waals surface area contributed by atoms with E-state index in [0.717, 1.165) is 18.4 Å². The van der Waals surface area contributed by atoms with Gasteiger partial charge in [-0.25, -0.2) is 9.59 Å². The molecule has 3 unspecified atom stereocenters. The van der Waals surface area contributed by atoms with Crippen molar-refractivity contribution in [2.75, 3.05) is 0 Å². The Morgan fingerprint density at radius 1 is 1.08 bits per heavy atom. The smallest absolute Gasteiger partial charge is 0.334 e. The first-order valence-electron chi connectivity index (χ1n) is 8.52. The second-order valence-electron chi connectivity index (χ2n) is 6.47. The molecular weight excluding hydrogens is 320 g/mol. The van der Waals surface area contributed by atoms with Crippen molar-refractivity contribution >= 4 is 11.9 Å². The van der Waals surface area contributed by atoms with E-state index in [1.165, 1.54) is 0 Å². The zero-order valence-corrected chi connectivity index (χ0v) is 14.3. The van der Waals surface area contributed by atoms with E-state index in [1.807, 2.05) is 24.3 Å². The van der Waals surface area contributed by atoms with E-state index >= 15 is 0 Å². The van der Waals surface area contributed by atoms with E-state index in [4.69, 9.17) is 14.2 Å². The first-order valence-corrected chi connectivity index (χ1v) is 8.52. The monoisotopic (exact) mass is 342 g/mol. The van der Waals surface area contributed by atoms with Crippen LogP contribution in [-0.2, 0) is 19.1 Å². The van der Waals surface area contributed by atoms with E-state index in [-0.39, 0.29) is 30.3 Å². The molecule has 2 heterocycles. The number of cyclic esters (lactones) is 2. The highest BCUT2D eigenvalue weighted by molar-refractivity contribution is 5.90. The standard InChI is InChI=1S/C20H22O5/c1-4-5-16(18-11-13(3)20(22)25-18)23-15-8-6-14(7-9-15)17-10-12(2)19(21)24-17/h6-9,16-18H,2-5,10-11H2,1H3. The molecule has 5 heteroatoms. The fourth-order valence-corrected chi connectivity index (χ4v) is 3.08. The molecule has 0 amide bonds. The zero-order chi connectivity index (χ0) is 18.0. The van der Waals surface area contributed by atoms with Crippen LogP contribution in [0.1, 0.15) is 44.3 Å². The van der Waals surface area contributed by atoms with Gasteiger partial charge in [0.2, 0.25) is 0 Å². The summed E-state index contributed by atoms with van der Waals surface area (Å²) in [7, 11) is 0. The molecule has 1 aromatic rings. The van der Waals surface area contributed by atoms with Gasteiger partial charge in [-0.1, -0.05) is 38.6 Å². The molecule has 0 spiro atoms. The van der Waals surface area contributed by atoms with Crippen LogP contribution >= 0.6 is 0 Å². The van der Waals surface area contributed by atoms with Crippen molar-refractivity contribution in [1.29, 1.82) is 0 Å². The summed E-state index contributed by atoms with van der Waals surface area (Å²) in [5, 5.41) is 0. The van der Waals surface area contributed by atoms with Gasteiger partial charge in [0.25, 0.3) is 0 Å². The minimum absolute atomic E-state index is 0.205. The van der Waals surface area contributed by atoms with Gasteiger partial charge in [-0.05, 0) is 24.1 Å². The predicted molar refractivity (Wildman–Crippen MR) is 92.0 cm³/mol. The maximum Gasteiger partial charge on any atom is 0.334 e. The second-order valence-corrected chi connectivity index (χ2v) is 6.47. The van der Waals surface area contributed by atoms with Gasteiger partial charge in [0.1, 0.15) is 24.1 Å². The highest BCUT2D eigenvalue weighted by Crippen LogP contribution is 2.33. The topological polar surface area (TPSA) is 61.8 Å². The van der Waals surface area contributed by atoms with E-state index in [1.54, 1.807) is 0 Å². The fraction of sp³-hybridized carbons (Fsp3) is 0.400. The van der Waals surface area contributed by atoms with Crippen LogP contribution in [0, 0.1) is 0 Å². The number of carbonyl (C=O) groups is 2. The van der Waals surface area contributed by atoms with Gasteiger partial charge < -0.3 is 14.2 Å². The SMILES string of the molecule is C=C1CC(c2ccc(OC(CCC)C3CC(=C)C(=O)O3)cc2)OC1=O. The van der Waals surface area contributed by atoms with Crippen molar-refractivity contribution in [3.05, 3.63) is 54.1 Å². The lowest BCUT2D eigenvalue weighted by Crippen LogP contribution is -2.31. The third kappa shape index (κ3) is 3.76. The Kier molecular flexibility index (Phi) is 4.93. The van der Waals surface area contributed by atoms with Gasteiger partial charge in [-0.3, -0.25) is 0 Å². The van der Waals surface area contributed by atoms with Crippen molar-refractivity contribution in [2.45, 2.75) is 50.9 Å². The molecule has 2 fully saturated rings. The van der Waals surface area contributed by atoms with Crippen LogP contribution in [0.5, 0.6) is 5.75 Å². The van der Waals surface area contributed by atoms with E-state index < -0.39 is 0 Å². The molecule has 0 N–H and O–H groups in total. The molecule has 3 rings (SSSR count). The summed E-state index contributed by atoms with van der Waals surface area (Å²) in [5.74, 6) is 0.0175. The number of benzene rings is 1. The Balaban J connectivity index is 1.66. The summed E-state index contributed by atoms with van der Waals surface area (Å²) in [5.41, 5.74) is 1.90. The summed E-state index contributed by atoms with van der Waals surface area (Å²) < 4.78 is 16.7. The molecule has 0 bridgehead atoms. The molecule has 1 aromatic carbocycles. The summed E-state index contributed by atoms with van der Waals surface area (Å²) in [6.07, 6.45) is 1.94. The summed E-state index contributed by atoms with van der Waals surface area (Å²) in [6.45, 7) is 9.48. The second kappa shape index (κ2) is 7.13. The maximum atomic E-state index is 11.6. The molecule has 25 heavy (non-hydrogen) atoms. The van der Waals surface area contributed by atoms with Crippen molar-refractivity contribution in [3.63, 3.8) is 0 Å². The third-order valence-corrected chi connectivity index (χ3v) is 4.49. The van der Waals surface area contributed by atoms with Crippen LogP contribution in [0.3, 0.4) is 0 Å². The van der Waals surface area contributed by atoms with Gasteiger partial charge in [0, 0.05) is 24.0 Å². The highest BCUT2D eigenvalue weighted by Gasteiger charge is 2.35. The molecule has 3 atom stereocenters. The van der Waals surface area contributed by atoms with Crippen molar-refractivity contribution in [2.24, 2.45) is 0 Å². The summed E-state index contributed by atoms with van der Waals surface area (Å²) in [6, 6.07) is 7.46. The summed E-state index contributed by atoms with van der Waals surface area (Å²) >= 11 is 0. The molecule has 5 nitrogen and oxygen atoms in total. The first-order chi connectivity index (χ1) is 12.0. The highest BCUT2D eigenvalue weighted by atomic mass is 16.6. The van der Waals surface area contributed by atoms with Crippen LogP contribution in [0.15, 0.2) is 48.6 Å². The Bertz CT molecular complexity index is 671. The van der Waals surface area contributed by atoms with Crippen LogP contribution < -0.4 is 4.74 Å². The van der Waals surface area contributed by atoms with E-state index in [0.29, 0.717) is 29.7 Å². The Hall–Kier alpha value is -2.56. The number of hydrogen-bond acceptors (Lipinski definition) is 5. The molecule has 0 radical (unpaired) electrons. The Morgan fingerprint density at radius 3 is 2.24 bits per heavy atom. The van der Waals surface area contributed by atoms with Crippen LogP contribution in [0.2, 0.25) is 0 Å². The lowest BCUT2D eigenvalue weighted by atomic mass is 10.0.